The summed E-state index contributed by atoms with van der Waals surface area (Å²) >= 11 is 0. The zero-order valence-corrected chi connectivity index (χ0v) is 10.4. The van der Waals surface area contributed by atoms with Crippen LogP contribution >= 0.6 is 0 Å². The molecule has 1 heterocycles. The predicted molar refractivity (Wildman–Crippen MR) is 73.0 cm³/mol. The first-order valence-corrected chi connectivity index (χ1v) is 5.59. The molecule has 1 aromatic heterocycles. The number of nitrogens with zero attached hydrogens (tertiary/aromatic N) is 3. The minimum absolute atomic E-state index is 0.559. The molecule has 0 saturated heterocycles. The Labute approximate surface area is 107 Å². The summed E-state index contributed by atoms with van der Waals surface area (Å²) in [5.41, 5.74) is 2.68. The number of nitriles is 1. The van der Waals surface area contributed by atoms with Crippen LogP contribution in [-0.4, -0.2) is 19.1 Å². The molecule has 0 radical (unpaired) electrons. The molecule has 0 saturated carbocycles. The summed E-state index contributed by atoms with van der Waals surface area (Å²) in [6.45, 7) is 0. The van der Waals surface area contributed by atoms with Crippen LogP contribution in [0.3, 0.4) is 0 Å². The summed E-state index contributed by atoms with van der Waals surface area (Å²) in [5.74, 6) is 0.728. The molecule has 0 amide bonds. The third-order valence-electron chi connectivity index (χ3n) is 2.55. The molecule has 1 aromatic carbocycles. The van der Waals surface area contributed by atoms with E-state index in [-0.39, 0.29) is 0 Å². The Morgan fingerprint density at radius 1 is 1.11 bits per heavy atom. The van der Waals surface area contributed by atoms with Gasteiger partial charge in [0.1, 0.15) is 11.9 Å². The van der Waals surface area contributed by atoms with Crippen LogP contribution in [0.1, 0.15) is 5.56 Å². The molecule has 2 rings (SSSR count). The van der Waals surface area contributed by atoms with Crippen molar-refractivity contribution in [3.05, 3.63) is 48.2 Å². The molecule has 0 aliphatic heterocycles. The second kappa shape index (κ2) is 5.19. The number of rotatable bonds is 3. The maximum absolute atomic E-state index is 8.69. The Morgan fingerprint density at radius 2 is 1.83 bits per heavy atom. The highest BCUT2D eigenvalue weighted by molar-refractivity contribution is 5.60. The van der Waals surface area contributed by atoms with E-state index >= 15 is 0 Å². The Kier molecular flexibility index (Phi) is 3.44. The smallest absolute Gasteiger partial charge is 0.130 e. The second-order valence-corrected chi connectivity index (χ2v) is 4.11. The number of benzene rings is 1. The van der Waals surface area contributed by atoms with Gasteiger partial charge >= 0.3 is 0 Å². The second-order valence-electron chi connectivity index (χ2n) is 4.11. The van der Waals surface area contributed by atoms with E-state index in [0.29, 0.717) is 5.56 Å². The topological polar surface area (TPSA) is 52.0 Å². The van der Waals surface area contributed by atoms with E-state index < -0.39 is 0 Å². The molecule has 0 spiro atoms. The van der Waals surface area contributed by atoms with Crippen LogP contribution in [0.25, 0.3) is 0 Å². The van der Waals surface area contributed by atoms with Crippen molar-refractivity contribution in [2.75, 3.05) is 24.3 Å². The molecule has 2 aromatic rings. The third-order valence-corrected chi connectivity index (χ3v) is 2.55. The Balaban J connectivity index is 2.11. The van der Waals surface area contributed by atoms with Crippen molar-refractivity contribution in [1.82, 2.24) is 4.98 Å². The van der Waals surface area contributed by atoms with E-state index in [1.165, 1.54) is 0 Å². The van der Waals surface area contributed by atoms with Gasteiger partial charge in [-0.3, -0.25) is 0 Å². The molecule has 0 aliphatic rings. The van der Waals surface area contributed by atoms with Gasteiger partial charge in [-0.25, -0.2) is 4.98 Å². The fraction of sp³-hybridized carbons (Fsp3) is 0.143. The molecular weight excluding hydrogens is 224 g/mol. The molecule has 0 bridgehead atoms. The third kappa shape index (κ3) is 2.77. The van der Waals surface area contributed by atoms with Crippen molar-refractivity contribution in [1.29, 1.82) is 5.26 Å². The maximum atomic E-state index is 8.69. The van der Waals surface area contributed by atoms with Gasteiger partial charge in [0.05, 0.1) is 5.56 Å². The Bertz CT molecular complexity index is 550. The first-order valence-electron chi connectivity index (χ1n) is 5.59. The van der Waals surface area contributed by atoms with Crippen LogP contribution in [0, 0.1) is 11.3 Å². The lowest BCUT2D eigenvalue weighted by molar-refractivity contribution is 1.13. The van der Waals surface area contributed by atoms with E-state index in [1.54, 1.807) is 18.3 Å². The van der Waals surface area contributed by atoms with Gasteiger partial charge in [0.15, 0.2) is 0 Å². The van der Waals surface area contributed by atoms with Gasteiger partial charge in [-0.1, -0.05) is 0 Å². The molecule has 90 valence electrons. The van der Waals surface area contributed by atoms with Crippen LogP contribution in [-0.2, 0) is 0 Å². The highest BCUT2D eigenvalue weighted by atomic mass is 15.1. The van der Waals surface area contributed by atoms with Gasteiger partial charge in [0.25, 0.3) is 0 Å². The van der Waals surface area contributed by atoms with Crippen molar-refractivity contribution in [3.8, 4) is 6.07 Å². The zero-order valence-electron chi connectivity index (χ0n) is 10.4. The minimum atomic E-state index is 0.559. The fourth-order valence-corrected chi connectivity index (χ4v) is 1.52. The van der Waals surface area contributed by atoms with Crippen molar-refractivity contribution in [2.24, 2.45) is 0 Å². The molecule has 0 atom stereocenters. The molecule has 4 heteroatoms. The number of hydrogen-bond acceptors (Lipinski definition) is 4. The molecule has 0 fully saturated rings. The summed E-state index contributed by atoms with van der Waals surface area (Å²) in [5, 5.41) is 11.9. The van der Waals surface area contributed by atoms with E-state index in [0.717, 1.165) is 17.2 Å². The first-order chi connectivity index (χ1) is 8.69. The lowest BCUT2D eigenvalue weighted by atomic mass is 10.2. The summed E-state index contributed by atoms with van der Waals surface area (Å²) in [6.07, 6.45) is 1.55. The van der Waals surface area contributed by atoms with Crippen LogP contribution in [0.2, 0.25) is 0 Å². The van der Waals surface area contributed by atoms with E-state index in [2.05, 4.69) is 10.3 Å². The average molecular weight is 238 g/mol. The molecule has 18 heavy (non-hydrogen) atoms. The minimum Gasteiger partial charge on any atom is -0.378 e. The summed E-state index contributed by atoms with van der Waals surface area (Å²) in [7, 11) is 4.01. The average Bonchev–Trinajstić information content (AvgIpc) is 2.40. The zero-order chi connectivity index (χ0) is 13.0. The van der Waals surface area contributed by atoms with Crippen molar-refractivity contribution < 1.29 is 0 Å². The molecule has 0 aliphatic carbocycles. The Morgan fingerprint density at radius 3 is 2.33 bits per heavy atom. The van der Waals surface area contributed by atoms with Crippen molar-refractivity contribution >= 4 is 17.2 Å². The van der Waals surface area contributed by atoms with E-state index in [4.69, 9.17) is 5.26 Å². The van der Waals surface area contributed by atoms with Crippen LogP contribution in [0.5, 0.6) is 0 Å². The lowest BCUT2D eigenvalue weighted by Crippen LogP contribution is -2.08. The molecule has 1 N–H and O–H groups in total. The monoisotopic (exact) mass is 238 g/mol. The number of nitrogens with one attached hydrogen (secondary N) is 1. The largest absolute Gasteiger partial charge is 0.378 e. The number of aromatic nitrogens is 1. The van der Waals surface area contributed by atoms with Gasteiger partial charge in [0, 0.05) is 31.7 Å². The predicted octanol–water partition coefficient (Wildman–Crippen LogP) is 2.76. The maximum Gasteiger partial charge on any atom is 0.130 e. The van der Waals surface area contributed by atoms with Gasteiger partial charge in [-0.15, -0.1) is 0 Å². The number of pyridine rings is 1. The van der Waals surface area contributed by atoms with Gasteiger partial charge in [-0.05, 0) is 36.4 Å². The standard InChI is InChI=1S/C14H14N4/c1-18(2)13-6-4-12(5-7-13)17-14-8-3-11(9-15)10-16-14/h3-8,10H,1-2H3,(H,16,17). The summed E-state index contributed by atoms with van der Waals surface area (Å²) in [4.78, 5) is 6.20. The highest BCUT2D eigenvalue weighted by Crippen LogP contribution is 2.18. The normalized spacial score (nSPS) is 9.61. The van der Waals surface area contributed by atoms with Crippen molar-refractivity contribution in [3.63, 3.8) is 0 Å². The fourth-order valence-electron chi connectivity index (χ4n) is 1.52. The molecule has 0 unspecified atom stereocenters. The lowest BCUT2D eigenvalue weighted by Gasteiger charge is -2.13. The quantitative estimate of drug-likeness (QED) is 0.893. The molecule has 4 nitrogen and oxygen atoms in total. The Hall–Kier alpha value is -2.54. The van der Waals surface area contributed by atoms with Crippen LogP contribution < -0.4 is 10.2 Å². The highest BCUT2D eigenvalue weighted by Gasteiger charge is 1.98. The van der Waals surface area contributed by atoms with Gasteiger partial charge < -0.3 is 10.2 Å². The van der Waals surface area contributed by atoms with Gasteiger partial charge in [0.2, 0.25) is 0 Å². The first kappa shape index (κ1) is 11.9. The van der Waals surface area contributed by atoms with Crippen LogP contribution in [0.4, 0.5) is 17.2 Å². The summed E-state index contributed by atoms with van der Waals surface area (Å²) in [6, 6.07) is 13.6. The SMILES string of the molecule is CN(C)c1ccc(Nc2ccc(C#N)cn2)cc1. The van der Waals surface area contributed by atoms with Crippen molar-refractivity contribution in [2.45, 2.75) is 0 Å². The van der Waals surface area contributed by atoms with Gasteiger partial charge in [-0.2, -0.15) is 5.26 Å². The number of hydrogen-bond donors (Lipinski definition) is 1. The van der Waals surface area contributed by atoms with Crippen LogP contribution in [0.15, 0.2) is 42.6 Å². The van der Waals surface area contributed by atoms with E-state index in [1.807, 2.05) is 49.3 Å². The molecular formula is C14H14N4. The van der Waals surface area contributed by atoms with E-state index in [9.17, 15) is 0 Å². The summed E-state index contributed by atoms with van der Waals surface area (Å²) < 4.78 is 0. The number of anilines is 3.